The molecule has 0 spiro atoms. The van der Waals surface area contributed by atoms with Crippen LogP contribution in [0.15, 0.2) is 35.5 Å². The van der Waals surface area contributed by atoms with Gasteiger partial charge < -0.3 is 19.6 Å². The number of nitrogens with zero attached hydrogens (tertiary/aromatic N) is 1. The molecule has 1 amide bonds. The minimum absolute atomic E-state index is 0.100. The average molecular weight is 297 g/mol. The molecule has 8 nitrogen and oxygen atoms in total. The van der Waals surface area contributed by atoms with Gasteiger partial charge in [-0.3, -0.25) is 4.79 Å². The normalized spacial score (nSPS) is 11.1. The molecular weight excluding hydrogens is 286 g/mol. The summed E-state index contributed by atoms with van der Waals surface area (Å²) >= 11 is 0. The third-order valence-electron chi connectivity index (χ3n) is 2.39. The van der Waals surface area contributed by atoms with Crippen molar-refractivity contribution in [2.24, 2.45) is 5.73 Å². The second-order valence-electron chi connectivity index (χ2n) is 3.66. The van der Waals surface area contributed by atoms with Crippen LogP contribution >= 0.6 is 0 Å². The van der Waals surface area contributed by atoms with Gasteiger partial charge >= 0.3 is 10.1 Å². The number of aromatic nitrogens is 2. The van der Waals surface area contributed by atoms with Crippen molar-refractivity contribution >= 4 is 16.0 Å². The first-order valence-corrected chi connectivity index (χ1v) is 6.76. The van der Waals surface area contributed by atoms with Gasteiger partial charge in [-0.1, -0.05) is 0 Å². The van der Waals surface area contributed by atoms with Gasteiger partial charge in [0.15, 0.2) is 5.69 Å². The van der Waals surface area contributed by atoms with Gasteiger partial charge in [0.2, 0.25) is 0 Å². The molecule has 1 aromatic heterocycles. The van der Waals surface area contributed by atoms with Gasteiger partial charge in [-0.25, -0.2) is 4.98 Å². The zero-order valence-corrected chi connectivity index (χ0v) is 11.2. The third kappa shape index (κ3) is 2.72. The molecule has 3 N–H and O–H groups in total. The Morgan fingerprint density at radius 2 is 1.95 bits per heavy atom. The number of H-pyrrole nitrogens is 1. The number of primary amides is 1. The number of rotatable bonds is 5. The second kappa shape index (κ2) is 5.21. The summed E-state index contributed by atoms with van der Waals surface area (Å²) in [5, 5.41) is 0. The van der Waals surface area contributed by atoms with E-state index in [0.717, 1.165) is 6.33 Å². The molecule has 0 radical (unpaired) electrons. The standard InChI is InChI=1S/C11H11N3O5S/c1-18-7-2-4-8(5-3-7)20(16,17)19-11-9(10(12)15)13-6-14-11/h2-6H,1H3,(H2,12,15)(H,13,14). The number of nitrogens with one attached hydrogen (secondary N) is 1. The number of aromatic amines is 1. The van der Waals surface area contributed by atoms with E-state index in [1.54, 1.807) is 0 Å². The molecule has 2 rings (SSSR count). The number of benzene rings is 1. The third-order valence-corrected chi connectivity index (χ3v) is 3.61. The highest BCUT2D eigenvalue weighted by Crippen LogP contribution is 2.21. The molecule has 0 bridgehead atoms. The lowest BCUT2D eigenvalue weighted by Crippen LogP contribution is -2.16. The smallest absolute Gasteiger partial charge is 0.340 e. The molecule has 0 aliphatic rings. The predicted octanol–water partition coefficient (Wildman–Crippen LogP) is 0.285. The summed E-state index contributed by atoms with van der Waals surface area (Å²) in [7, 11) is -2.65. The van der Waals surface area contributed by atoms with Crippen molar-refractivity contribution < 1.29 is 22.1 Å². The molecule has 20 heavy (non-hydrogen) atoms. The van der Waals surface area contributed by atoms with E-state index in [0.29, 0.717) is 5.75 Å². The van der Waals surface area contributed by atoms with Gasteiger partial charge in [-0.05, 0) is 24.3 Å². The summed E-state index contributed by atoms with van der Waals surface area (Å²) < 4.78 is 33.7. The topological polar surface area (TPSA) is 124 Å². The molecule has 0 saturated carbocycles. The number of hydrogen-bond donors (Lipinski definition) is 2. The largest absolute Gasteiger partial charge is 0.497 e. The fourth-order valence-electron chi connectivity index (χ4n) is 1.42. The van der Waals surface area contributed by atoms with Crippen LogP contribution in [0.2, 0.25) is 0 Å². The minimum Gasteiger partial charge on any atom is -0.497 e. The maximum absolute atomic E-state index is 12.0. The SMILES string of the molecule is COc1ccc(S(=O)(=O)Oc2nc[nH]c2C(N)=O)cc1. The molecule has 9 heteroatoms. The van der Waals surface area contributed by atoms with Gasteiger partial charge in [0.1, 0.15) is 10.6 Å². The molecule has 106 valence electrons. The second-order valence-corrected chi connectivity index (χ2v) is 5.21. The Kier molecular flexibility index (Phi) is 3.61. The zero-order chi connectivity index (χ0) is 14.8. The van der Waals surface area contributed by atoms with Gasteiger partial charge in [-0.2, -0.15) is 8.42 Å². The maximum atomic E-state index is 12.0. The van der Waals surface area contributed by atoms with Crippen LogP contribution < -0.4 is 14.7 Å². The molecule has 1 heterocycles. The number of carbonyl (C=O) groups is 1. The number of hydrogen-bond acceptors (Lipinski definition) is 6. The van der Waals surface area contributed by atoms with Gasteiger partial charge in [-0.15, -0.1) is 0 Å². The minimum atomic E-state index is -4.11. The Morgan fingerprint density at radius 3 is 2.50 bits per heavy atom. The Bertz CT molecular complexity index is 721. The summed E-state index contributed by atoms with van der Waals surface area (Å²) in [4.78, 5) is 16.9. The number of ether oxygens (including phenoxy) is 1. The highest BCUT2D eigenvalue weighted by atomic mass is 32.2. The zero-order valence-electron chi connectivity index (χ0n) is 10.4. The van der Waals surface area contributed by atoms with Crippen molar-refractivity contribution in [3.8, 4) is 11.6 Å². The predicted molar refractivity (Wildman–Crippen MR) is 67.9 cm³/mol. The number of imidazole rings is 1. The Balaban J connectivity index is 2.30. The van der Waals surface area contributed by atoms with E-state index in [-0.39, 0.29) is 10.6 Å². The fourth-order valence-corrected chi connectivity index (χ4v) is 2.32. The molecule has 1 aromatic carbocycles. The number of amides is 1. The van der Waals surface area contributed by atoms with Crippen molar-refractivity contribution in [2.75, 3.05) is 7.11 Å². The number of nitrogens with two attached hydrogens (primary N) is 1. The number of carbonyl (C=O) groups excluding carboxylic acids is 1. The quantitative estimate of drug-likeness (QED) is 0.764. The van der Waals surface area contributed by atoms with Crippen molar-refractivity contribution in [3.63, 3.8) is 0 Å². The molecule has 0 fully saturated rings. The Labute approximate surface area is 114 Å². The van der Waals surface area contributed by atoms with Gasteiger partial charge in [0.05, 0.1) is 13.4 Å². The molecule has 0 saturated heterocycles. The molecule has 0 aliphatic heterocycles. The van der Waals surface area contributed by atoms with E-state index in [4.69, 9.17) is 14.7 Å². The first kappa shape index (κ1) is 13.9. The van der Waals surface area contributed by atoms with E-state index in [1.165, 1.54) is 31.4 Å². The van der Waals surface area contributed by atoms with Gasteiger partial charge in [0.25, 0.3) is 11.8 Å². The first-order chi connectivity index (χ1) is 9.44. The monoisotopic (exact) mass is 297 g/mol. The van der Waals surface area contributed by atoms with Crippen LogP contribution in [0.1, 0.15) is 10.5 Å². The lowest BCUT2D eigenvalue weighted by molar-refractivity contribution is 0.0994. The highest BCUT2D eigenvalue weighted by Gasteiger charge is 2.22. The summed E-state index contributed by atoms with van der Waals surface area (Å²) in [5.41, 5.74) is 4.83. The Hall–Kier alpha value is -2.55. The highest BCUT2D eigenvalue weighted by molar-refractivity contribution is 7.87. The molecule has 0 aliphatic carbocycles. The van der Waals surface area contributed by atoms with E-state index in [2.05, 4.69) is 9.97 Å². The van der Waals surface area contributed by atoms with Crippen LogP contribution in [0.4, 0.5) is 0 Å². The average Bonchev–Trinajstić information content (AvgIpc) is 2.86. The van der Waals surface area contributed by atoms with E-state index >= 15 is 0 Å². The fraction of sp³-hybridized carbons (Fsp3) is 0.0909. The molecule has 2 aromatic rings. The lowest BCUT2D eigenvalue weighted by Gasteiger charge is -2.06. The van der Waals surface area contributed by atoms with Crippen molar-refractivity contribution in [1.82, 2.24) is 9.97 Å². The maximum Gasteiger partial charge on any atom is 0.340 e. The first-order valence-electron chi connectivity index (χ1n) is 5.36. The summed E-state index contributed by atoms with van der Waals surface area (Å²) in [6, 6.07) is 5.56. The number of methoxy groups -OCH3 is 1. The van der Waals surface area contributed by atoms with E-state index < -0.39 is 21.9 Å². The molecule has 0 atom stereocenters. The van der Waals surface area contributed by atoms with Gasteiger partial charge in [0, 0.05) is 0 Å². The van der Waals surface area contributed by atoms with Crippen molar-refractivity contribution in [3.05, 3.63) is 36.3 Å². The molecular formula is C11H11N3O5S. The van der Waals surface area contributed by atoms with Crippen LogP contribution in [-0.2, 0) is 10.1 Å². The van der Waals surface area contributed by atoms with Crippen molar-refractivity contribution in [1.29, 1.82) is 0 Å². The van der Waals surface area contributed by atoms with Crippen LogP contribution in [0.5, 0.6) is 11.6 Å². The summed E-state index contributed by atoms with van der Waals surface area (Å²) in [5.74, 6) is -0.766. The van der Waals surface area contributed by atoms with Crippen LogP contribution in [-0.4, -0.2) is 31.4 Å². The lowest BCUT2D eigenvalue weighted by atomic mass is 10.3. The summed E-state index contributed by atoms with van der Waals surface area (Å²) in [6.45, 7) is 0. The molecule has 0 unspecified atom stereocenters. The Morgan fingerprint density at radius 1 is 1.30 bits per heavy atom. The van der Waals surface area contributed by atoms with E-state index in [9.17, 15) is 13.2 Å². The van der Waals surface area contributed by atoms with Crippen molar-refractivity contribution in [2.45, 2.75) is 4.90 Å². The van der Waals surface area contributed by atoms with Crippen LogP contribution in [0, 0.1) is 0 Å². The van der Waals surface area contributed by atoms with Crippen LogP contribution in [0.25, 0.3) is 0 Å². The summed E-state index contributed by atoms with van der Waals surface area (Å²) in [6.07, 6.45) is 1.11. The van der Waals surface area contributed by atoms with E-state index in [1.807, 2.05) is 0 Å². The van der Waals surface area contributed by atoms with Crippen LogP contribution in [0.3, 0.4) is 0 Å².